The molecule has 0 amide bonds. The molecular weight excluding hydrogens is 189 g/mol. The Balaban J connectivity index is 3.07. The zero-order valence-electron chi connectivity index (χ0n) is 7.27. The van der Waals surface area contributed by atoms with Crippen LogP contribution >= 0.6 is 0 Å². The molecule has 1 aromatic rings. The number of nitrogens with zero attached hydrogens (tertiary/aromatic N) is 1. The maximum atomic E-state index is 13.0. The van der Waals surface area contributed by atoms with E-state index in [2.05, 4.69) is 6.58 Å². The second-order valence-electron chi connectivity index (χ2n) is 2.44. The first-order valence-electron chi connectivity index (χ1n) is 3.83. The molecule has 0 spiro atoms. The molecule has 0 unspecified atom stereocenters. The zero-order chi connectivity index (χ0) is 10.6. The molecule has 74 valence electrons. The van der Waals surface area contributed by atoms with Gasteiger partial charge in [-0.2, -0.15) is 4.39 Å². The third-order valence-electron chi connectivity index (χ3n) is 1.49. The van der Waals surface area contributed by atoms with Crippen molar-refractivity contribution in [2.24, 2.45) is 0 Å². The Morgan fingerprint density at radius 2 is 2.36 bits per heavy atom. The summed E-state index contributed by atoms with van der Waals surface area (Å²) < 4.78 is 17.9. The van der Waals surface area contributed by atoms with E-state index in [4.69, 9.17) is 4.74 Å². The highest BCUT2D eigenvalue weighted by molar-refractivity contribution is 5.47. The van der Waals surface area contributed by atoms with E-state index < -0.39 is 16.4 Å². The Hall–Kier alpha value is -1.91. The number of nitro benzene ring substituents is 1. The van der Waals surface area contributed by atoms with Crippen molar-refractivity contribution in [3.05, 3.63) is 46.8 Å². The predicted octanol–water partition coefficient (Wildman–Crippen LogP) is 2.30. The van der Waals surface area contributed by atoms with Crippen LogP contribution in [-0.4, -0.2) is 11.5 Å². The normalized spacial score (nSPS) is 9.50. The van der Waals surface area contributed by atoms with Crippen molar-refractivity contribution in [1.82, 2.24) is 0 Å². The fourth-order valence-electron chi connectivity index (χ4n) is 0.938. The molecule has 0 aliphatic rings. The Morgan fingerprint density at radius 3 is 2.93 bits per heavy atom. The molecule has 0 bridgehead atoms. The van der Waals surface area contributed by atoms with Gasteiger partial charge in [0.05, 0.1) is 4.92 Å². The van der Waals surface area contributed by atoms with Crippen molar-refractivity contribution in [2.45, 2.75) is 0 Å². The van der Waals surface area contributed by atoms with Crippen LogP contribution in [0.4, 0.5) is 10.1 Å². The highest BCUT2D eigenvalue weighted by Gasteiger charge is 2.20. The Labute approximate surface area is 79.8 Å². The molecule has 0 fully saturated rings. The van der Waals surface area contributed by atoms with Gasteiger partial charge < -0.3 is 4.74 Å². The fraction of sp³-hybridized carbons (Fsp3) is 0.111. The molecule has 0 radical (unpaired) electrons. The first kappa shape index (κ1) is 10.2. The summed E-state index contributed by atoms with van der Waals surface area (Å²) in [7, 11) is 0. The van der Waals surface area contributed by atoms with Crippen molar-refractivity contribution < 1.29 is 14.1 Å². The maximum absolute atomic E-state index is 13.0. The monoisotopic (exact) mass is 197 g/mol. The van der Waals surface area contributed by atoms with Crippen molar-refractivity contribution >= 4 is 5.69 Å². The third kappa shape index (κ3) is 2.07. The smallest absolute Gasteiger partial charge is 0.346 e. The molecule has 0 aliphatic carbocycles. The molecule has 0 saturated heterocycles. The molecule has 0 aromatic heterocycles. The highest BCUT2D eigenvalue weighted by atomic mass is 19.1. The molecule has 1 rings (SSSR count). The lowest BCUT2D eigenvalue weighted by molar-refractivity contribution is -0.388. The Morgan fingerprint density at radius 1 is 1.64 bits per heavy atom. The number of benzene rings is 1. The average Bonchev–Trinajstić information content (AvgIpc) is 2.14. The van der Waals surface area contributed by atoms with Crippen LogP contribution in [0, 0.1) is 15.9 Å². The predicted molar refractivity (Wildman–Crippen MR) is 48.7 cm³/mol. The summed E-state index contributed by atoms with van der Waals surface area (Å²) in [5.74, 6) is -0.994. The van der Waals surface area contributed by atoms with Gasteiger partial charge in [0.1, 0.15) is 6.61 Å². The number of para-hydroxylation sites is 1. The van der Waals surface area contributed by atoms with Crippen LogP contribution in [0.3, 0.4) is 0 Å². The van der Waals surface area contributed by atoms with Gasteiger partial charge in [-0.15, -0.1) is 0 Å². The average molecular weight is 197 g/mol. The van der Waals surface area contributed by atoms with E-state index in [1.165, 1.54) is 18.2 Å². The van der Waals surface area contributed by atoms with Gasteiger partial charge in [-0.25, -0.2) is 0 Å². The fourth-order valence-corrected chi connectivity index (χ4v) is 0.938. The van der Waals surface area contributed by atoms with Gasteiger partial charge in [0.15, 0.2) is 0 Å². The number of halogens is 1. The van der Waals surface area contributed by atoms with E-state index in [1.807, 2.05) is 0 Å². The van der Waals surface area contributed by atoms with E-state index in [1.54, 1.807) is 0 Å². The molecule has 1 aromatic carbocycles. The SMILES string of the molecule is C=CCOc1cccc(F)c1[N+](=O)[O-]. The van der Waals surface area contributed by atoms with Crippen LogP contribution < -0.4 is 4.74 Å². The van der Waals surface area contributed by atoms with Gasteiger partial charge in [0, 0.05) is 0 Å². The summed E-state index contributed by atoms with van der Waals surface area (Å²) in [6, 6.07) is 3.70. The van der Waals surface area contributed by atoms with E-state index in [0.717, 1.165) is 6.07 Å². The van der Waals surface area contributed by atoms with Crippen LogP contribution in [0.2, 0.25) is 0 Å². The lowest BCUT2D eigenvalue weighted by Gasteiger charge is -2.03. The summed E-state index contributed by atoms with van der Waals surface area (Å²) in [4.78, 5) is 9.65. The second kappa shape index (κ2) is 4.36. The molecule has 0 atom stereocenters. The summed E-state index contributed by atoms with van der Waals surface area (Å²) in [6.07, 6.45) is 1.43. The van der Waals surface area contributed by atoms with Crippen LogP contribution in [-0.2, 0) is 0 Å². The first-order chi connectivity index (χ1) is 6.66. The number of ether oxygens (including phenoxy) is 1. The lowest BCUT2D eigenvalue weighted by atomic mass is 10.3. The van der Waals surface area contributed by atoms with Crippen molar-refractivity contribution in [3.63, 3.8) is 0 Å². The summed E-state index contributed by atoms with van der Waals surface area (Å²) in [6.45, 7) is 3.49. The van der Waals surface area contributed by atoms with Gasteiger partial charge in [0.2, 0.25) is 11.6 Å². The number of hydrogen-bond donors (Lipinski definition) is 0. The van der Waals surface area contributed by atoms with E-state index >= 15 is 0 Å². The van der Waals surface area contributed by atoms with Gasteiger partial charge >= 0.3 is 5.69 Å². The standard InChI is InChI=1S/C9H8FNO3/c1-2-6-14-8-5-3-4-7(10)9(8)11(12)13/h2-5H,1,6H2. The van der Waals surface area contributed by atoms with Crippen molar-refractivity contribution in [3.8, 4) is 5.75 Å². The topological polar surface area (TPSA) is 52.4 Å². The minimum atomic E-state index is -0.906. The number of nitro groups is 1. The van der Waals surface area contributed by atoms with Crippen LogP contribution in [0.25, 0.3) is 0 Å². The number of rotatable bonds is 4. The molecule has 4 nitrogen and oxygen atoms in total. The molecule has 5 heteroatoms. The molecule has 0 heterocycles. The molecular formula is C9H8FNO3. The minimum Gasteiger partial charge on any atom is -0.483 e. The molecule has 0 aliphatic heterocycles. The molecule has 0 saturated carbocycles. The molecule has 14 heavy (non-hydrogen) atoms. The highest BCUT2D eigenvalue weighted by Crippen LogP contribution is 2.29. The summed E-state index contributed by atoms with van der Waals surface area (Å²) >= 11 is 0. The first-order valence-corrected chi connectivity index (χ1v) is 3.83. The van der Waals surface area contributed by atoms with E-state index in [0.29, 0.717) is 0 Å². The van der Waals surface area contributed by atoms with Crippen LogP contribution in [0.15, 0.2) is 30.9 Å². The number of hydrogen-bond acceptors (Lipinski definition) is 3. The largest absolute Gasteiger partial charge is 0.483 e. The quantitative estimate of drug-likeness (QED) is 0.422. The van der Waals surface area contributed by atoms with Crippen molar-refractivity contribution in [2.75, 3.05) is 6.61 Å². The molecule has 0 N–H and O–H groups in total. The zero-order valence-corrected chi connectivity index (χ0v) is 7.27. The lowest BCUT2D eigenvalue weighted by Crippen LogP contribution is -2.00. The Bertz CT molecular complexity index is 365. The summed E-state index contributed by atoms with van der Waals surface area (Å²) in [5.41, 5.74) is -0.644. The van der Waals surface area contributed by atoms with E-state index in [-0.39, 0.29) is 12.4 Å². The third-order valence-corrected chi connectivity index (χ3v) is 1.49. The van der Waals surface area contributed by atoms with Gasteiger partial charge in [-0.1, -0.05) is 18.7 Å². The van der Waals surface area contributed by atoms with Crippen LogP contribution in [0.5, 0.6) is 5.75 Å². The van der Waals surface area contributed by atoms with Crippen LogP contribution in [0.1, 0.15) is 0 Å². The van der Waals surface area contributed by atoms with Crippen molar-refractivity contribution in [1.29, 1.82) is 0 Å². The van der Waals surface area contributed by atoms with E-state index in [9.17, 15) is 14.5 Å². The minimum absolute atomic E-state index is 0.0881. The maximum Gasteiger partial charge on any atom is 0.346 e. The van der Waals surface area contributed by atoms with Gasteiger partial charge in [0.25, 0.3) is 0 Å². The second-order valence-corrected chi connectivity index (χ2v) is 2.44. The summed E-state index contributed by atoms with van der Waals surface area (Å²) in [5, 5.41) is 10.5. The van der Waals surface area contributed by atoms with Gasteiger partial charge in [-0.05, 0) is 12.1 Å². The van der Waals surface area contributed by atoms with Gasteiger partial charge in [-0.3, -0.25) is 10.1 Å². The Kier molecular flexibility index (Phi) is 3.17.